The highest BCUT2D eigenvalue weighted by Crippen LogP contribution is 2.41. The summed E-state index contributed by atoms with van der Waals surface area (Å²) < 4.78 is 22.7. The van der Waals surface area contributed by atoms with Crippen LogP contribution < -0.4 is 24.4 Å². The summed E-state index contributed by atoms with van der Waals surface area (Å²) in [6.07, 6.45) is 2.98. The van der Waals surface area contributed by atoms with Crippen LogP contribution in [0.3, 0.4) is 0 Å². The molecule has 0 radical (unpaired) electrons. The topological polar surface area (TPSA) is 165 Å². The van der Waals surface area contributed by atoms with Gasteiger partial charge in [-0.25, -0.2) is 5.43 Å². The Morgan fingerprint density at radius 3 is 2.42 bits per heavy atom. The van der Waals surface area contributed by atoms with E-state index in [2.05, 4.69) is 17.1 Å². The first-order valence-corrected chi connectivity index (χ1v) is 12.6. The summed E-state index contributed by atoms with van der Waals surface area (Å²) in [6.45, 7) is 6.09. The Balaban J connectivity index is 1.79. The quantitative estimate of drug-likeness (QED) is 0.0802. The second kappa shape index (κ2) is 13.9. The zero-order valence-corrected chi connectivity index (χ0v) is 23.4. The molecule has 40 heavy (non-hydrogen) atoms. The van der Waals surface area contributed by atoms with Crippen LogP contribution >= 0.6 is 22.6 Å². The minimum atomic E-state index is -0.773. The van der Waals surface area contributed by atoms with Crippen molar-refractivity contribution in [2.75, 3.05) is 20.3 Å². The summed E-state index contributed by atoms with van der Waals surface area (Å²) in [7, 11) is 1.38. The first kappa shape index (κ1) is 29.8. The molecule has 1 N–H and O–H groups in total. The van der Waals surface area contributed by atoms with Gasteiger partial charge in [0.05, 0.1) is 39.4 Å². The standard InChI is InChI=1S/C26H23IN4O9/c1-4-10-39-22-8-6-17(13-23(22)38-5-2)26(32)29-28-15-16-11-19(27)25(24(12-16)37-3)40-21-9-7-18(30(33)34)14-20(21)31(35)36/h4,6-9,11-15H,1,5,10H2,2-3H3,(H,29,32)/b28-15+. The first-order chi connectivity index (χ1) is 19.2. The number of hydrazone groups is 1. The molecular weight excluding hydrogens is 639 g/mol. The van der Waals surface area contributed by atoms with Crippen molar-refractivity contribution in [2.45, 2.75) is 6.92 Å². The Hall–Kier alpha value is -4.73. The lowest BCUT2D eigenvalue weighted by Crippen LogP contribution is -2.17. The molecule has 0 saturated heterocycles. The van der Waals surface area contributed by atoms with Crippen LogP contribution in [-0.4, -0.2) is 42.3 Å². The Morgan fingerprint density at radius 2 is 1.77 bits per heavy atom. The van der Waals surface area contributed by atoms with Gasteiger partial charge < -0.3 is 18.9 Å². The first-order valence-electron chi connectivity index (χ1n) is 11.5. The number of carbonyl (C=O) groups is 1. The predicted molar refractivity (Wildman–Crippen MR) is 154 cm³/mol. The summed E-state index contributed by atoms with van der Waals surface area (Å²) in [5.41, 5.74) is 2.24. The maximum atomic E-state index is 12.6. The second-order valence-corrected chi connectivity index (χ2v) is 8.86. The molecule has 0 aliphatic heterocycles. The highest BCUT2D eigenvalue weighted by Gasteiger charge is 2.23. The van der Waals surface area contributed by atoms with Gasteiger partial charge in [-0.2, -0.15) is 5.10 Å². The highest BCUT2D eigenvalue weighted by atomic mass is 127. The maximum absolute atomic E-state index is 12.6. The summed E-state index contributed by atoms with van der Waals surface area (Å²) in [5.74, 6) is 0.564. The Labute approximate surface area is 241 Å². The number of carbonyl (C=O) groups excluding carboxylic acids is 1. The molecule has 3 aromatic rings. The molecule has 3 rings (SSSR count). The summed E-state index contributed by atoms with van der Waals surface area (Å²) >= 11 is 1.94. The number of ether oxygens (including phenoxy) is 4. The van der Waals surface area contributed by atoms with Crippen LogP contribution in [0.4, 0.5) is 11.4 Å². The molecule has 0 saturated carbocycles. The molecule has 0 aromatic heterocycles. The van der Waals surface area contributed by atoms with E-state index < -0.39 is 27.1 Å². The number of nitrogens with zero attached hydrogens (tertiary/aromatic N) is 3. The van der Waals surface area contributed by atoms with Crippen molar-refractivity contribution < 1.29 is 33.6 Å². The lowest BCUT2D eigenvalue weighted by molar-refractivity contribution is -0.394. The molecule has 1 amide bonds. The van der Waals surface area contributed by atoms with Crippen molar-refractivity contribution in [3.8, 4) is 28.7 Å². The van der Waals surface area contributed by atoms with E-state index in [1.165, 1.54) is 13.3 Å². The number of hydrogen-bond donors (Lipinski definition) is 1. The van der Waals surface area contributed by atoms with Crippen molar-refractivity contribution >= 4 is 46.1 Å². The third-order valence-electron chi connectivity index (χ3n) is 5.06. The number of hydrogen-bond acceptors (Lipinski definition) is 10. The Kier molecular flexibility index (Phi) is 10.4. The van der Waals surface area contributed by atoms with Crippen LogP contribution in [0.25, 0.3) is 0 Å². The molecule has 13 nitrogen and oxygen atoms in total. The molecule has 3 aromatic carbocycles. The van der Waals surface area contributed by atoms with E-state index in [-0.39, 0.29) is 23.9 Å². The fourth-order valence-electron chi connectivity index (χ4n) is 3.29. The van der Waals surface area contributed by atoms with E-state index in [9.17, 15) is 25.0 Å². The lowest BCUT2D eigenvalue weighted by Gasteiger charge is -2.13. The molecule has 0 atom stereocenters. The van der Waals surface area contributed by atoms with Crippen LogP contribution in [0.2, 0.25) is 0 Å². The number of halogens is 1. The molecule has 0 spiro atoms. The second-order valence-electron chi connectivity index (χ2n) is 7.70. The van der Waals surface area contributed by atoms with Crippen molar-refractivity contribution in [3.05, 3.63) is 96.1 Å². The number of rotatable bonds is 13. The summed E-state index contributed by atoms with van der Waals surface area (Å²) in [6, 6.07) is 11.0. The van der Waals surface area contributed by atoms with Crippen LogP contribution in [0, 0.1) is 23.8 Å². The van der Waals surface area contributed by atoms with Crippen LogP contribution in [-0.2, 0) is 0 Å². The van der Waals surface area contributed by atoms with Crippen LogP contribution in [0.15, 0.2) is 66.3 Å². The smallest absolute Gasteiger partial charge is 0.318 e. The number of nitro benzene ring substituents is 2. The van der Waals surface area contributed by atoms with E-state index >= 15 is 0 Å². The fourth-order valence-corrected chi connectivity index (χ4v) is 4.02. The average Bonchev–Trinajstić information content (AvgIpc) is 2.93. The third kappa shape index (κ3) is 7.43. The van der Waals surface area contributed by atoms with Gasteiger partial charge in [-0.15, -0.1) is 0 Å². The lowest BCUT2D eigenvalue weighted by atomic mass is 10.2. The number of non-ortho nitro benzene ring substituents is 1. The third-order valence-corrected chi connectivity index (χ3v) is 5.86. The van der Waals surface area contributed by atoms with Gasteiger partial charge in [-0.1, -0.05) is 12.7 Å². The average molecular weight is 662 g/mol. The van der Waals surface area contributed by atoms with E-state index in [0.717, 1.165) is 18.2 Å². The van der Waals surface area contributed by atoms with Gasteiger partial charge in [0, 0.05) is 11.6 Å². The van der Waals surface area contributed by atoms with E-state index in [1.807, 2.05) is 29.5 Å². The molecule has 0 aliphatic carbocycles. The predicted octanol–water partition coefficient (Wildman–Crippen LogP) is 5.64. The molecule has 14 heteroatoms. The largest absolute Gasteiger partial charge is 0.493 e. The van der Waals surface area contributed by atoms with E-state index in [1.54, 1.807) is 36.4 Å². The number of nitrogens with one attached hydrogen (secondary N) is 1. The summed E-state index contributed by atoms with van der Waals surface area (Å²) in [4.78, 5) is 33.6. The minimum absolute atomic E-state index is 0.156. The SMILES string of the molecule is C=CCOc1ccc(C(=O)N/N=C/c2cc(I)c(Oc3ccc([N+](=O)[O-])cc3[N+](=O)[O-])c(OC)c2)cc1OCC. The molecule has 0 heterocycles. The number of nitro groups is 2. The van der Waals surface area contributed by atoms with Crippen molar-refractivity contribution in [2.24, 2.45) is 5.10 Å². The molecular formula is C26H23IN4O9. The summed E-state index contributed by atoms with van der Waals surface area (Å²) in [5, 5.41) is 26.5. The fraction of sp³-hybridized carbons (Fsp3) is 0.154. The van der Waals surface area contributed by atoms with Crippen molar-refractivity contribution in [1.29, 1.82) is 0 Å². The molecule has 0 unspecified atom stereocenters. The van der Waals surface area contributed by atoms with Gasteiger partial charge in [-0.3, -0.25) is 25.0 Å². The van der Waals surface area contributed by atoms with Crippen LogP contribution in [0.5, 0.6) is 28.7 Å². The monoisotopic (exact) mass is 662 g/mol. The normalized spacial score (nSPS) is 10.6. The zero-order valence-electron chi connectivity index (χ0n) is 21.3. The van der Waals surface area contributed by atoms with Gasteiger partial charge in [-0.05, 0) is 71.5 Å². The van der Waals surface area contributed by atoms with Crippen molar-refractivity contribution in [1.82, 2.24) is 5.43 Å². The minimum Gasteiger partial charge on any atom is -0.493 e. The van der Waals surface area contributed by atoms with Gasteiger partial charge in [0.2, 0.25) is 5.75 Å². The molecule has 0 fully saturated rings. The number of amides is 1. The Bertz CT molecular complexity index is 1480. The van der Waals surface area contributed by atoms with Gasteiger partial charge >= 0.3 is 5.69 Å². The molecule has 0 aliphatic rings. The van der Waals surface area contributed by atoms with Gasteiger partial charge in [0.1, 0.15) is 6.61 Å². The van der Waals surface area contributed by atoms with E-state index in [0.29, 0.717) is 32.8 Å². The number of methoxy groups -OCH3 is 1. The van der Waals surface area contributed by atoms with Crippen molar-refractivity contribution in [3.63, 3.8) is 0 Å². The van der Waals surface area contributed by atoms with Gasteiger partial charge in [0.15, 0.2) is 23.0 Å². The highest BCUT2D eigenvalue weighted by molar-refractivity contribution is 14.1. The molecule has 208 valence electrons. The maximum Gasteiger partial charge on any atom is 0.318 e. The molecule has 0 bridgehead atoms. The Morgan fingerprint density at radius 1 is 1.02 bits per heavy atom. The number of benzene rings is 3. The van der Waals surface area contributed by atoms with E-state index in [4.69, 9.17) is 18.9 Å². The van der Waals surface area contributed by atoms with Crippen LogP contribution in [0.1, 0.15) is 22.8 Å². The zero-order chi connectivity index (χ0) is 29.2. The van der Waals surface area contributed by atoms with Gasteiger partial charge in [0.25, 0.3) is 11.6 Å².